The number of nitrogens with two attached hydrogens (primary N) is 1. The third-order valence-electron chi connectivity index (χ3n) is 2.32. The molecule has 0 saturated carbocycles. The van der Waals surface area contributed by atoms with E-state index in [4.69, 9.17) is 15.7 Å². The monoisotopic (exact) mass is 247 g/mol. The maximum absolute atomic E-state index is 13.6. The van der Waals surface area contributed by atoms with Crippen LogP contribution in [0.4, 0.5) is 10.2 Å². The van der Waals surface area contributed by atoms with Crippen LogP contribution in [0.5, 0.6) is 5.75 Å². The van der Waals surface area contributed by atoms with Crippen molar-refractivity contribution in [1.82, 2.24) is 15.0 Å². The van der Waals surface area contributed by atoms with Crippen molar-refractivity contribution in [2.75, 3.05) is 12.8 Å². The van der Waals surface area contributed by atoms with E-state index in [2.05, 4.69) is 10.2 Å². The first-order valence-corrected chi connectivity index (χ1v) is 5.06. The standard InChI is InChI=1S/C11H10FN5O/c1-18-10-3-7(2-9(12)8(10)4-13)6-17-15-5-11(14)16-17/h2-3,5H,6H2,1H3,(H2,14,16). The maximum Gasteiger partial charge on any atom is 0.165 e. The number of nitriles is 1. The molecule has 0 saturated heterocycles. The SMILES string of the molecule is COc1cc(Cn2ncc(N)n2)cc(F)c1C#N. The zero-order valence-electron chi connectivity index (χ0n) is 9.59. The molecule has 0 bridgehead atoms. The van der Waals surface area contributed by atoms with Crippen molar-refractivity contribution in [1.29, 1.82) is 5.26 Å². The average molecular weight is 247 g/mol. The Hall–Kier alpha value is -2.62. The predicted molar refractivity (Wildman–Crippen MR) is 61.2 cm³/mol. The van der Waals surface area contributed by atoms with Gasteiger partial charge in [-0.15, -0.1) is 5.10 Å². The van der Waals surface area contributed by atoms with Crippen molar-refractivity contribution < 1.29 is 9.13 Å². The van der Waals surface area contributed by atoms with Crippen LogP contribution in [0.3, 0.4) is 0 Å². The number of aromatic nitrogens is 3. The molecule has 92 valence electrons. The van der Waals surface area contributed by atoms with Gasteiger partial charge < -0.3 is 10.5 Å². The second kappa shape index (κ2) is 4.71. The summed E-state index contributed by atoms with van der Waals surface area (Å²) in [7, 11) is 1.38. The Balaban J connectivity index is 2.35. The fraction of sp³-hybridized carbons (Fsp3) is 0.182. The van der Waals surface area contributed by atoms with Gasteiger partial charge in [0.2, 0.25) is 0 Å². The Morgan fingerprint density at radius 3 is 2.89 bits per heavy atom. The Morgan fingerprint density at radius 2 is 2.33 bits per heavy atom. The Labute approximate surface area is 102 Å². The number of nitrogens with zero attached hydrogens (tertiary/aromatic N) is 4. The number of hydrogen-bond acceptors (Lipinski definition) is 5. The molecule has 0 amide bonds. The Morgan fingerprint density at radius 1 is 1.56 bits per heavy atom. The molecule has 0 fully saturated rings. The van der Waals surface area contributed by atoms with Gasteiger partial charge in [-0.1, -0.05) is 0 Å². The highest BCUT2D eigenvalue weighted by atomic mass is 19.1. The van der Waals surface area contributed by atoms with Gasteiger partial charge in [-0.2, -0.15) is 15.2 Å². The van der Waals surface area contributed by atoms with E-state index in [1.54, 1.807) is 12.1 Å². The van der Waals surface area contributed by atoms with E-state index in [1.807, 2.05) is 0 Å². The van der Waals surface area contributed by atoms with Gasteiger partial charge in [-0.05, 0) is 17.7 Å². The minimum Gasteiger partial charge on any atom is -0.495 e. The lowest BCUT2D eigenvalue weighted by Gasteiger charge is -2.07. The molecule has 2 N–H and O–H groups in total. The van der Waals surface area contributed by atoms with Gasteiger partial charge in [0.05, 0.1) is 19.9 Å². The number of hydrogen-bond donors (Lipinski definition) is 1. The van der Waals surface area contributed by atoms with Gasteiger partial charge >= 0.3 is 0 Å². The first-order chi connectivity index (χ1) is 8.63. The highest BCUT2D eigenvalue weighted by Crippen LogP contribution is 2.23. The largest absolute Gasteiger partial charge is 0.495 e. The number of nitrogen functional groups attached to an aromatic ring is 1. The van der Waals surface area contributed by atoms with E-state index in [0.717, 1.165) is 0 Å². The molecule has 1 heterocycles. The van der Waals surface area contributed by atoms with Crippen molar-refractivity contribution in [3.05, 3.63) is 35.3 Å². The molecule has 0 atom stereocenters. The summed E-state index contributed by atoms with van der Waals surface area (Å²) in [5, 5.41) is 16.6. The van der Waals surface area contributed by atoms with Crippen LogP contribution in [0, 0.1) is 17.1 Å². The van der Waals surface area contributed by atoms with E-state index < -0.39 is 5.82 Å². The molecular weight excluding hydrogens is 237 g/mol. The summed E-state index contributed by atoms with van der Waals surface area (Å²) in [5.41, 5.74) is 5.89. The zero-order chi connectivity index (χ0) is 13.1. The van der Waals surface area contributed by atoms with E-state index >= 15 is 0 Å². The lowest BCUT2D eigenvalue weighted by Crippen LogP contribution is -2.05. The quantitative estimate of drug-likeness (QED) is 0.871. The normalized spacial score (nSPS) is 10.1. The fourth-order valence-corrected chi connectivity index (χ4v) is 1.55. The summed E-state index contributed by atoms with van der Waals surface area (Å²) in [6.07, 6.45) is 1.40. The minimum absolute atomic E-state index is 0.116. The molecule has 0 unspecified atom stereocenters. The van der Waals surface area contributed by atoms with Gasteiger partial charge in [-0.25, -0.2) is 4.39 Å². The summed E-state index contributed by atoms with van der Waals surface area (Å²) in [6, 6.07) is 4.57. The van der Waals surface area contributed by atoms with Crippen LogP contribution in [0.25, 0.3) is 0 Å². The van der Waals surface area contributed by atoms with Crippen LogP contribution >= 0.6 is 0 Å². The lowest BCUT2D eigenvalue weighted by atomic mass is 10.1. The molecule has 0 radical (unpaired) electrons. The summed E-state index contributed by atoms with van der Waals surface area (Å²) in [4.78, 5) is 1.33. The van der Waals surface area contributed by atoms with Crippen molar-refractivity contribution in [3.8, 4) is 11.8 Å². The molecule has 0 aliphatic heterocycles. The van der Waals surface area contributed by atoms with E-state index in [-0.39, 0.29) is 23.7 Å². The van der Waals surface area contributed by atoms with E-state index in [9.17, 15) is 4.39 Å². The second-order valence-corrected chi connectivity index (χ2v) is 3.57. The van der Waals surface area contributed by atoms with E-state index in [0.29, 0.717) is 5.56 Å². The van der Waals surface area contributed by atoms with E-state index in [1.165, 1.54) is 24.2 Å². The van der Waals surface area contributed by atoms with Gasteiger partial charge in [0.15, 0.2) is 5.82 Å². The topological polar surface area (TPSA) is 89.8 Å². The van der Waals surface area contributed by atoms with Crippen LogP contribution in [0.15, 0.2) is 18.3 Å². The van der Waals surface area contributed by atoms with Crippen LogP contribution in [0.1, 0.15) is 11.1 Å². The first-order valence-electron chi connectivity index (χ1n) is 5.06. The number of anilines is 1. The summed E-state index contributed by atoms with van der Waals surface area (Å²) in [6.45, 7) is 0.246. The highest BCUT2D eigenvalue weighted by molar-refractivity contribution is 5.46. The van der Waals surface area contributed by atoms with Crippen molar-refractivity contribution in [2.45, 2.75) is 6.54 Å². The van der Waals surface area contributed by atoms with Crippen molar-refractivity contribution in [2.24, 2.45) is 0 Å². The molecule has 1 aromatic carbocycles. The average Bonchev–Trinajstić information content (AvgIpc) is 2.74. The van der Waals surface area contributed by atoms with Crippen LogP contribution in [0.2, 0.25) is 0 Å². The van der Waals surface area contributed by atoms with Crippen molar-refractivity contribution >= 4 is 5.82 Å². The summed E-state index contributed by atoms with van der Waals surface area (Å²) >= 11 is 0. The third-order valence-corrected chi connectivity index (χ3v) is 2.32. The van der Waals surface area contributed by atoms with Gasteiger partial charge in [0.25, 0.3) is 0 Å². The van der Waals surface area contributed by atoms with Crippen LogP contribution in [-0.4, -0.2) is 22.1 Å². The van der Waals surface area contributed by atoms with Gasteiger partial charge in [-0.3, -0.25) is 0 Å². The molecule has 0 spiro atoms. The van der Waals surface area contributed by atoms with Gasteiger partial charge in [0.1, 0.15) is 23.2 Å². The fourth-order valence-electron chi connectivity index (χ4n) is 1.55. The van der Waals surface area contributed by atoms with Crippen molar-refractivity contribution in [3.63, 3.8) is 0 Å². The maximum atomic E-state index is 13.6. The van der Waals surface area contributed by atoms with Gasteiger partial charge in [0, 0.05) is 0 Å². The summed E-state index contributed by atoms with van der Waals surface area (Å²) < 4.78 is 18.6. The number of rotatable bonds is 3. The molecule has 6 nitrogen and oxygen atoms in total. The number of methoxy groups -OCH3 is 1. The Kier molecular flexibility index (Phi) is 3.10. The molecular formula is C11H10FN5O. The second-order valence-electron chi connectivity index (χ2n) is 3.57. The van der Waals surface area contributed by atoms with Crippen LogP contribution in [-0.2, 0) is 6.54 Å². The molecule has 0 aliphatic rings. The third kappa shape index (κ3) is 2.22. The first kappa shape index (κ1) is 11.9. The number of halogens is 1. The molecule has 2 aromatic rings. The predicted octanol–water partition coefficient (Wildman–Crippen LogP) is 0.928. The molecule has 2 rings (SSSR count). The molecule has 0 aliphatic carbocycles. The highest BCUT2D eigenvalue weighted by Gasteiger charge is 2.12. The minimum atomic E-state index is -0.632. The number of ether oxygens (including phenoxy) is 1. The molecule has 1 aromatic heterocycles. The molecule has 18 heavy (non-hydrogen) atoms. The smallest absolute Gasteiger partial charge is 0.165 e. The number of benzene rings is 1. The van der Waals surface area contributed by atoms with Crippen LogP contribution < -0.4 is 10.5 Å². The summed E-state index contributed by atoms with van der Waals surface area (Å²) in [5.74, 6) is -0.157. The Bertz CT molecular complexity index is 616. The zero-order valence-corrected chi connectivity index (χ0v) is 9.59. The molecule has 7 heteroatoms. The lowest BCUT2D eigenvalue weighted by molar-refractivity contribution is 0.408.